The van der Waals surface area contributed by atoms with Gasteiger partial charge in [0.05, 0.1) is 0 Å². The van der Waals surface area contributed by atoms with Gasteiger partial charge in [-0.3, -0.25) is 0 Å². The Morgan fingerprint density at radius 3 is 2.95 bits per heavy atom. The van der Waals surface area contributed by atoms with E-state index in [9.17, 15) is 5.26 Å². The molecule has 0 amide bonds. The normalized spacial score (nSPS) is 23.9. The quantitative estimate of drug-likeness (QED) is 0.757. The van der Waals surface area contributed by atoms with Crippen molar-refractivity contribution in [3.05, 3.63) is 46.8 Å². The standard InChI is InChI=1S/C14H12N4OS/c1-8-2-3-11-9(6-8)4-5-14(19-11)10(7-15)12(16)18-13(17)20-14/h2-6H,16H2,1H3,(H2,17,18). The first-order valence-corrected chi connectivity index (χ1v) is 6.78. The molecule has 0 aliphatic carbocycles. The smallest absolute Gasteiger partial charge is 0.219 e. The summed E-state index contributed by atoms with van der Waals surface area (Å²) >= 11 is 1.17. The first-order valence-electron chi connectivity index (χ1n) is 5.96. The molecule has 1 spiro atoms. The van der Waals surface area contributed by atoms with Crippen LogP contribution < -0.4 is 16.2 Å². The Kier molecular flexibility index (Phi) is 2.73. The van der Waals surface area contributed by atoms with Crippen molar-refractivity contribution in [1.29, 1.82) is 5.26 Å². The number of rotatable bonds is 0. The third-order valence-electron chi connectivity index (χ3n) is 3.11. The van der Waals surface area contributed by atoms with Crippen molar-refractivity contribution in [2.45, 2.75) is 11.9 Å². The summed E-state index contributed by atoms with van der Waals surface area (Å²) in [6.45, 7) is 2.01. The molecular weight excluding hydrogens is 272 g/mol. The molecule has 0 saturated heterocycles. The summed E-state index contributed by atoms with van der Waals surface area (Å²) in [4.78, 5) is 2.91. The summed E-state index contributed by atoms with van der Waals surface area (Å²) in [5.74, 6) is 0.796. The maximum Gasteiger partial charge on any atom is 0.219 e. The average Bonchev–Trinajstić information content (AvgIpc) is 2.39. The van der Waals surface area contributed by atoms with E-state index in [-0.39, 0.29) is 16.6 Å². The van der Waals surface area contributed by atoms with Gasteiger partial charge in [-0.05, 0) is 36.9 Å². The lowest BCUT2D eigenvalue weighted by molar-refractivity contribution is 0.252. The number of fused-ring (bicyclic) bond motifs is 1. The Morgan fingerprint density at radius 2 is 2.20 bits per heavy atom. The number of hydrogen-bond donors (Lipinski definition) is 2. The maximum absolute atomic E-state index is 9.33. The Hall–Kier alpha value is -2.39. The van der Waals surface area contributed by atoms with Gasteiger partial charge in [0.1, 0.15) is 23.2 Å². The van der Waals surface area contributed by atoms with E-state index in [1.54, 1.807) is 6.08 Å². The monoisotopic (exact) mass is 284 g/mol. The molecular formula is C14H12N4OS. The molecule has 5 nitrogen and oxygen atoms in total. The van der Waals surface area contributed by atoms with Crippen molar-refractivity contribution in [2.75, 3.05) is 0 Å². The van der Waals surface area contributed by atoms with Crippen molar-refractivity contribution in [1.82, 2.24) is 0 Å². The van der Waals surface area contributed by atoms with Crippen LogP contribution in [0.3, 0.4) is 0 Å². The number of nitrogens with zero attached hydrogens (tertiary/aromatic N) is 2. The first-order chi connectivity index (χ1) is 9.54. The molecule has 0 saturated carbocycles. The van der Waals surface area contributed by atoms with Crippen molar-refractivity contribution >= 4 is 23.0 Å². The van der Waals surface area contributed by atoms with Crippen LogP contribution in [-0.4, -0.2) is 10.1 Å². The Morgan fingerprint density at radius 1 is 1.40 bits per heavy atom. The van der Waals surface area contributed by atoms with Crippen LogP contribution in [0.15, 0.2) is 40.7 Å². The van der Waals surface area contributed by atoms with Crippen LogP contribution in [0.5, 0.6) is 5.75 Å². The maximum atomic E-state index is 9.33. The predicted molar refractivity (Wildman–Crippen MR) is 79.6 cm³/mol. The van der Waals surface area contributed by atoms with Crippen LogP contribution in [0.25, 0.3) is 6.08 Å². The zero-order valence-corrected chi connectivity index (χ0v) is 11.6. The van der Waals surface area contributed by atoms with Gasteiger partial charge in [0.15, 0.2) is 5.17 Å². The molecule has 1 aromatic carbocycles. The molecule has 1 atom stereocenters. The van der Waals surface area contributed by atoms with Crippen molar-refractivity contribution in [2.24, 2.45) is 16.5 Å². The molecule has 100 valence electrons. The number of benzene rings is 1. The largest absolute Gasteiger partial charge is 0.467 e. The summed E-state index contributed by atoms with van der Waals surface area (Å²) in [7, 11) is 0. The highest BCUT2D eigenvalue weighted by atomic mass is 32.2. The highest BCUT2D eigenvalue weighted by Gasteiger charge is 2.43. The number of aliphatic imine (C=N–C) groups is 1. The van der Waals surface area contributed by atoms with Gasteiger partial charge in [0.2, 0.25) is 4.93 Å². The minimum atomic E-state index is -1.02. The fourth-order valence-corrected chi connectivity index (χ4v) is 3.17. The van der Waals surface area contributed by atoms with E-state index in [4.69, 9.17) is 16.2 Å². The summed E-state index contributed by atoms with van der Waals surface area (Å²) in [6.07, 6.45) is 3.72. The van der Waals surface area contributed by atoms with Gasteiger partial charge in [-0.1, -0.05) is 17.7 Å². The second-order valence-corrected chi connectivity index (χ2v) is 5.80. The lowest BCUT2D eigenvalue weighted by Gasteiger charge is -2.35. The van der Waals surface area contributed by atoms with Gasteiger partial charge in [-0.15, -0.1) is 0 Å². The molecule has 2 heterocycles. The van der Waals surface area contributed by atoms with Crippen LogP contribution in [0, 0.1) is 18.3 Å². The molecule has 0 aromatic heterocycles. The van der Waals surface area contributed by atoms with E-state index in [0.29, 0.717) is 5.75 Å². The Balaban J connectivity index is 2.12. The van der Waals surface area contributed by atoms with Gasteiger partial charge in [0.25, 0.3) is 0 Å². The van der Waals surface area contributed by atoms with Crippen molar-refractivity contribution in [3.63, 3.8) is 0 Å². The number of nitrogens with two attached hydrogens (primary N) is 2. The molecule has 2 aliphatic rings. The summed E-state index contributed by atoms with van der Waals surface area (Å²) in [5.41, 5.74) is 13.9. The molecule has 0 bridgehead atoms. The molecule has 4 N–H and O–H groups in total. The Labute approximate surface area is 120 Å². The van der Waals surface area contributed by atoms with E-state index in [2.05, 4.69) is 11.1 Å². The number of thioether (sulfide) groups is 1. The van der Waals surface area contributed by atoms with Gasteiger partial charge in [0, 0.05) is 5.56 Å². The average molecular weight is 284 g/mol. The minimum Gasteiger partial charge on any atom is -0.467 e. The molecule has 1 aromatic rings. The lowest BCUT2D eigenvalue weighted by Crippen LogP contribution is -2.40. The van der Waals surface area contributed by atoms with E-state index in [1.807, 2.05) is 31.2 Å². The minimum absolute atomic E-state index is 0.101. The van der Waals surface area contributed by atoms with Gasteiger partial charge in [-0.2, -0.15) is 5.26 Å². The van der Waals surface area contributed by atoms with E-state index in [1.165, 1.54) is 11.8 Å². The molecule has 6 heteroatoms. The summed E-state index contributed by atoms with van der Waals surface area (Å²) in [6, 6.07) is 7.92. The molecule has 0 radical (unpaired) electrons. The Bertz CT molecular complexity index is 729. The number of aryl methyl sites for hydroxylation is 1. The SMILES string of the molecule is Cc1ccc2c(c1)C=CC1(O2)SC(N)=NC(N)=C1C#N. The van der Waals surface area contributed by atoms with Crippen molar-refractivity contribution < 1.29 is 4.74 Å². The zero-order chi connectivity index (χ0) is 14.3. The number of nitriles is 1. The van der Waals surface area contributed by atoms with Crippen LogP contribution in [0.2, 0.25) is 0 Å². The fourth-order valence-electron chi connectivity index (χ4n) is 2.19. The third-order valence-corrected chi connectivity index (χ3v) is 4.14. The third kappa shape index (κ3) is 1.84. The fraction of sp³-hybridized carbons (Fsp3) is 0.143. The van der Waals surface area contributed by atoms with Crippen LogP contribution in [-0.2, 0) is 0 Å². The van der Waals surface area contributed by atoms with E-state index < -0.39 is 4.93 Å². The summed E-state index contributed by atoms with van der Waals surface area (Å²) in [5, 5.41) is 9.61. The molecule has 3 rings (SSSR count). The number of hydrogen-bond acceptors (Lipinski definition) is 6. The highest BCUT2D eigenvalue weighted by molar-refractivity contribution is 8.15. The van der Waals surface area contributed by atoms with Crippen LogP contribution in [0.4, 0.5) is 0 Å². The highest BCUT2D eigenvalue weighted by Crippen LogP contribution is 2.44. The second-order valence-electron chi connectivity index (χ2n) is 4.57. The zero-order valence-electron chi connectivity index (χ0n) is 10.8. The molecule has 1 unspecified atom stereocenters. The van der Waals surface area contributed by atoms with Gasteiger partial charge in [-0.25, -0.2) is 4.99 Å². The van der Waals surface area contributed by atoms with Crippen LogP contribution >= 0.6 is 11.8 Å². The van der Waals surface area contributed by atoms with Crippen LogP contribution in [0.1, 0.15) is 11.1 Å². The van der Waals surface area contributed by atoms with E-state index in [0.717, 1.165) is 11.1 Å². The van der Waals surface area contributed by atoms with E-state index >= 15 is 0 Å². The topological polar surface area (TPSA) is 97.4 Å². The molecule has 0 fully saturated rings. The number of amidine groups is 1. The molecule has 2 aliphatic heterocycles. The first kappa shape index (κ1) is 12.6. The lowest BCUT2D eigenvalue weighted by atomic mass is 10.0. The summed E-state index contributed by atoms with van der Waals surface area (Å²) < 4.78 is 6.01. The predicted octanol–water partition coefficient (Wildman–Crippen LogP) is 1.85. The van der Waals surface area contributed by atoms with Gasteiger partial charge < -0.3 is 16.2 Å². The van der Waals surface area contributed by atoms with Crippen molar-refractivity contribution in [3.8, 4) is 11.8 Å². The second kappa shape index (κ2) is 4.32. The molecule has 20 heavy (non-hydrogen) atoms. The van der Waals surface area contributed by atoms with Gasteiger partial charge >= 0.3 is 0 Å². The number of ether oxygens (including phenoxy) is 1.